The molecule has 0 N–H and O–H groups in total. The van der Waals surface area contributed by atoms with Crippen molar-refractivity contribution >= 4 is 5.91 Å². The second-order valence-corrected chi connectivity index (χ2v) is 4.32. The molecule has 74 valence electrons. The molecule has 1 saturated carbocycles. The van der Waals surface area contributed by atoms with Gasteiger partial charge in [-0.3, -0.25) is 4.79 Å². The van der Waals surface area contributed by atoms with Crippen LogP contribution in [0.5, 0.6) is 0 Å². The summed E-state index contributed by atoms with van der Waals surface area (Å²) in [5, 5.41) is 0. The largest absolute Gasteiger partial charge is 0.380 e. The standard InChI is InChI=1S/C10H17NO2/c1-10(3-4-10)9(12)11-5-2-7-13-8-6-11/h2-8H2,1H3. The Bertz CT molecular complexity index is 203. The van der Waals surface area contributed by atoms with Crippen LogP contribution in [0, 0.1) is 5.41 Å². The molecule has 3 nitrogen and oxygen atoms in total. The smallest absolute Gasteiger partial charge is 0.228 e. The lowest BCUT2D eigenvalue weighted by Crippen LogP contribution is -2.37. The van der Waals surface area contributed by atoms with E-state index in [1.165, 1.54) is 0 Å². The molecule has 0 spiro atoms. The first-order chi connectivity index (χ1) is 6.22. The third-order valence-electron chi connectivity index (χ3n) is 3.03. The third-order valence-corrected chi connectivity index (χ3v) is 3.03. The van der Waals surface area contributed by atoms with Gasteiger partial charge in [0.1, 0.15) is 0 Å². The lowest BCUT2D eigenvalue weighted by Gasteiger charge is -2.23. The van der Waals surface area contributed by atoms with Crippen molar-refractivity contribution in [2.45, 2.75) is 26.2 Å². The van der Waals surface area contributed by atoms with E-state index in [9.17, 15) is 4.79 Å². The average molecular weight is 183 g/mol. The Kier molecular flexibility index (Phi) is 2.28. The van der Waals surface area contributed by atoms with Crippen LogP contribution in [0.25, 0.3) is 0 Å². The summed E-state index contributed by atoms with van der Waals surface area (Å²) in [6, 6.07) is 0. The third kappa shape index (κ3) is 1.85. The zero-order valence-corrected chi connectivity index (χ0v) is 8.21. The number of amides is 1. The predicted octanol–water partition coefficient (Wildman–Crippen LogP) is 1.04. The number of rotatable bonds is 1. The summed E-state index contributed by atoms with van der Waals surface area (Å²) in [5.74, 6) is 0.345. The Morgan fingerprint density at radius 1 is 1.31 bits per heavy atom. The van der Waals surface area contributed by atoms with Gasteiger partial charge in [-0.1, -0.05) is 6.92 Å². The normalized spacial score (nSPS) is 26.7. The molecule has 0 aromatic carbocycles. The van der Waals surface area contributed by atoms with Gasteiger partial charge in [-0.15, -0.1) is 0 Å². The first-order valence-electron chi connectivity index (χ1n) is 5.09. The van der Waals surface area contributed by atoms with E-state index in [4.69, 9.17) is 4.74 Å². The molecule has 1 heterocycles. The molecule has 1 aliphatic heterocycles. The van der Waals surface area contributed by atoms with E-state index in [2.05, 4.69) is 6.92 Å². The Labute approximate surface area is 79.0 Å². The van der Waals surface area contributed by atoms with Crippen molar-refractivity contribution in [3.8, 4) is 0 Å². The summed E-state index contributed by atoms with van der Waals surface area (Å²) in [7, 11) is 0. The maximum Gasteiger partial charge on any atom is 0.228 e. The highest BCUT2D eigenvalue weighted by atomic mass is 16.5. The Morgan fingerprint density at radius 2 is 2.08 bits per heavy atom. The minimum atomic E-state index is -0.00958. The molecule has 1 amide bonds. The lowest BCUT2D eigenvalue weighted by molar-refractivity contribution is -0.136. The predicted molar refractivity (Wildman–Crippen MR) is 49.4 cm³/mol. The van der Waals surface area contributed by atoms with E-state index in [1.807, 2.05) is 4.90 Å². The minimum absolute atomic E-state index is 0.00958. The van der Waals surface area contributed by atoms with Crippen LogP contribution in [0.3, 0.4) is 0 Å². The summed E-state index contributed by atoms with van der Waals surface area (Å²) in [6.07, 6.45) is 3.13. The van der Waals surface area contributed by atoms with Gasteiger partial charge < -0.3 is 9.64 Å². The van der Waals surface area contributed by atoms with E-state index < -0.39 is 0 Å². The van der Waals surface area contributed by atoms with Crippen molar-refractivity contribution in [3.05, 3.63) is 0 Å². The summed E-state index contributed by atoms with van der Waals surface area (Å²) in [5.41, 5.74) is -0.00958. The fourth-order valence-electron chi connectivity index (χ4n) is 1.73. The van der Waals surface area contributed by atoms with Crippen molar-refractivity contribution in [2.75, 3.05) is 26.3 Å². The molecule has 2 aliphatic rings. The summed E-state index contributed by atoms with van der Waals surface area (Å²) < 4.78 is 5.31. The topological polar surface area (TPSA) is 29.5 Å². The van der Waals surface area contributed by atoms with Gasteiger partial charge in [-0.25, -0.2) is 0 Å². The van der Waals surface area contributed by atoms with Gasteiger partial charge in [0.2, 0.25) is 5.91 Å². The monoisotopic (exact) mass is 183 g/mol. The molecule has 0 atom stereocenters. The second kappa shape index (κ2) is 3.29. The number of carbonyl (C=O) groups excluding carboxylic acids is 1. The molecular formula is C10H17NO2. The van der Waals surface area contributed by atoms with Crippen LogP contribution in [0.15, 0.2) is 0 Å². The lowest BCUT2D eigenvalue weighted by atomic mass is 10.1. The molecule has 13 heavy (non-hydrogen) atoms. The SMILES string of the molecule is CC1(C(=O)N2CCCOCC2)CC1. The minimum Gasteiger partial charge on any atom is -0.380 e. The van der Waals surface area contributed by atoms with Gasteiger partial charge in [0.05, 0.1) is 6.61 Å². The highest BCUT2D eigenvalue weighted by molar-refractivity contribution is 5.84. The molecule has 1 aliphatic carbocycles. The van der Waals surface area contributed by atoms with Crippen molar-refractivity contribution < 1.29 is 9.53 Å². The van der Waals surface area contributed by atoms with Gasteiger partial charge in [-0.05, 0) is 19.3 Å². The van der Waals surface area contributed by atoms with Crippen LogP contribution in [-0.2, 0) is 9.53 Å². The van der Waals surface area contributed by atoms with Crippen LogP contribution in [-0.4, -0.2) is 37.1 Å². The molecule has 0 aromatic rings. The molecule has 0 unspecified atom stereocenters. The highest BCUT2D eigenvalue weighted by Crippen LogP contribution is 2.46. The second-order valence-electron chi connectivity index (χ2n) is 4.32. The van der Waals surface area contributed by atoms with Crippen LogP contribution in [0.2, 0.25) is 0 Å². The molecule has 0 aromatic heterocycles. The van der Waals surface area contributed by atoms with E-state index in [-0.39, 0.29) is 5.41 Å². The van der Waals surface area contributed by atoms with Gasteiger partial charge in [0.15, 0.2) is 0 Å². The first kappa shape index (κ1) is 9.00. The number of hydrogen-bond donors (Lipinski definition) is 0. The van der Waals surface area contributed by atoms with Crippen LogP contribution < -0.4 is 0 Å². The van der Waals surface area contributed by atoms with E-state index >= 15 is 0 Å². The highest BCUT2D eigenvalue weighted by Gasteiger charge is 2.46. The zero-order chi connectivity index (χ0) is 9.31. The van der Waals surface area contributed by atoms with Crippen LogP contribution in [0.1, 0.15) is 26.2 Å². The Balaban J connectivity index is 1.94. The quantitative estimate of drug-likeness (QED) is 0.608. The molecule has 0 bridgehead atoms. The fraction of sp³-hybridized carbons (Fsp3) is 0.900. The van der Waals surface area contributed by atoms with Crippen molar-refractivity contribution in [3.63, 3.8) is 0 Å². The molecular weight excluding hydrogens is 166 g/mol. The van der Waals surface area contributed by atoms with E-state index in [0.29, 0.717) is 12.5 Å². The fourth-order valence-corrected chi connectivity index (χ4v) is 1.73. The molecule has 3 heteroatoms. The first-order valence-corrected chi connectivity index (χ1v) is 5.09. The van der Waals surface area contributed by atoms with Crippen LogP contribution in [0.4, 0.5) is 0 Å². The molecule has 2 rings (SSSR count). The Hall–Kier alpha value is -0.570. The maximum atomic E-state index is 11.9. The van der Waals surface area contributed by atoms with Gasteiger partial charge >= 0.3 is 0 Å². The average Bonchev–Trinajstić information content (AvgIpc) is 2.88. The maximum absolute atomic E-state index is 11.9. The Morgan fingerprint density at radius 3 is 2.77 bits per heavy atom. The summed E-state index contributed by atoms with van der Waals surface area (Å²) in [6.45, 7) is 5.26. The van der Waals surface area contributed by atoms with E-state index in [1.54, 1.807) is 0 Å². The molecule has 0 radical (unpaired) electrons. The molecule has 2 fully saturated rings. The van der Waals surface area contributed by atoms with Crippen molar-refractivity contribution in [2.24, 2.45) is 5.41 Å². The van der Waals surface area contributed by atoms with Gasteiger partial charge in [0.25, 0.3) is 0 Å². The van der Waals surface area contributed by atoms with Gasteiger partial charge in [-0.2, -0.15) is 0 Å². The number of ether oxygens (including phenoxy) is 1. The van der Waals surface area contributed by atoms with Crippen molar-refractivity contribution in [1.82, 2.24) is 4.90 Å². The number of nitrogens with zero attached hydrogens (tertiary/aromatic N) is 1. The zero-order valence-electron chi connectivity index (χ0n) is 8.21. The van der Waals surface area contributed by atoms with Crippen molar-refractivity contribution in [1.29, 1.82) is 0 Å². The van der Waals surface area contributed by atoms with Gasteiger partial charge in [0, 0.05) is 25.1 Å². The van der Waals surface area contributed by atoms with E-state index in [0.717, 1.165) is 39.0 Å². The summed E-state index contributed by atoms with van der Waals surface area (Å²) in [4.78, 5) is 13.9. The number of hydrogen-bond acceptors (Lipinski definition) is 2. The van der Waals surface area contributed by atoms with Crippen LogP contribution >= 0.6 is 0 Å². The number of carbonyl (C=O) groups is 1. The molecule has 1 saturated heterocycles. The summed E-state index contributed by atoms with van der Waals surface area (Å²) >= 11 is 0.